The molecule has 0 aliphatic heterocycles. The number of benzene rings is 2. The molecule has 6 nitrogen and oxygen atoms in total. The van der Waals surface area contributed by atoms with Crippen LogP contribution in [0.3, 0.4) is 0 Å². The molecule has 3 aromatic rings. The molecular formula is C17H16ClN3O3S. The Morgan fingerprint density at radius 3 is 2.48 bits per heavy atom. The quantitative estimate of drug-likeness (QED) is 0.732. The lowest BCUT2D eigenvalue weighted by Gasteiger charge is -2.10. The monoisotopic (exact) mass is 377 g/mol. The van der Waals surface area contributed by atoms with Crippen molar-refractivity contribution in [1.82, 2.24) is 14.9 Å². The fourth-order valence-electron chi connectivity index (χ4n) is 2.31. The summed E-state index contributed by atoms with van der Waals surface area (Å²) in [7, 11) is -3.72. The molecule has 0 aliphatic carbocycles. The second-order valence-electron chi connectivity index (χ2n) is 5.57. The first-order chi connectivity index (χ1) is 11.9. The predicted molar refractivity (Wildman–Crippen MR) is 94.7 cm³/mol. The van der Waals surface area contributed by atoms with Gasteiger partial charge in [-0.1, -0.05) is 41.0 Å². The van der Waals surface area contributed by atoms with Crippen LogP contribution in [-0.4, -0.2) is 18.6 Å². The van der Waals surface area contributed by atoms with Crippen LogP contribution in [0.5, 0.6) is 0 Å². The summed E-state index contributed by atoms with van der Waals surface area (Å²) in [5.41, 5.74) is 1.84. The highest BCUT2D eigenvalue weighted by Gasteiger charge is 2.23. The minimum atomic E-state index is -3.72. The van der Waals surface area contributed by atoms with Crippen LogP contribution in [0.1, 0.15) is 24.4 Å². The van der Waals surface area contributed by atoms with Gasteiger partial charge in [0.1, 0.15) is 0 Å². The molecule has 0 radical (unpaired) electrons. The van der Waals surface area contributed by atoms with Gasteiger partial charge in [-0.05, 0) is 43.7 Å². The fourth-order valence-corrected chi connectivity index (χ4v) is 3.63. The van der Waals surface area contributed by atoms with Crippen LogP contribution in [-0.2, 0) is 10.0 Å². The molecule has 0 fully saturated rings. The topological polar surface area (TPSA) is 85.1 Å². The third kappa shape index (κ3) is 3.89. The third-order valence-corrected chi connectivity index (χ3v) is 5.46. The molecule has 0 saturated heterocycles. The predicted octanol–water partition coefficient (Wildman–Crippen LogP) is 3.74. The summed E-state index contributed by atoms with van der Waals surface area (Å²) in [5.74, 6) is 0.612. The fraction of sp³-hybridized carbons (Fsp3) is 0.176. The molecule has 0 saturated carbocycles. The first-order valence-electron chi connectivity index (χ1n) is 7.54. The smallest absolute Gasteiger partial charge is 0.244 e. The maximum atomic E-state index is 12.4. The van der Waals surface area contributed by atoms with Crippen molar-refractivity contribution in [3.63, 3.8) is 0 Å². The lowest BCUT2D eigenvalue weighted by atomic mass is 10.1. The van der Waals surface area contributed by atoms with Crippen LogP contribution in [0.2, 0.25) is 5.02 Å². The van der Waals surface area contributed by atoms with Gasteiger partial charge in [0.05, 0.1) is 10.9 Å². The minimum absolute atomic E-state index is 0.113. The molecular weight excluding hydrogens is 362 g/mol. The van der Waals surface area contributed by atoms with Crippen molar-refractivity contribution in [3.05, 3.63) is 65.0 Å². The number of hydrogen-bond acceptors (Lipinski definition) is 5. The summed E-state index contributed by atoms with van der Waals surface area (Å²) < 4.78 is 32.6. The Labute approximate surface area is 150 Å². The summed E-state index contributed by atoms with van der Waals surface area (Å²) in [6, 6.07) is 12.9. The molecule has 0 unspecified atom stereocenters. The van der Waals surface area contributed by atoms with Gasteiger partial charge in [-0.2, -0.15) is 9.71 Å². The van der Waals surface area contributed by atoms with Crippen molar-refractivity contribution in [3.8, 4) is 11.4 Å². The molecule has 0 aliphatic rings. The highest BCUT2D eigenvalue weighted by molar-refractivity contribution is 7.89. The van der Waals surface area contributed by atoms with Crippen LogP contribution in [0.25, 0.3) is 11.4 Å². The van der Waals surface area contributed by atoms with E-state index in [4.69, 9.17) is 16.1 Å². The average Bonchev–Trinajstić information content (AvgIpc) is 3.05. The Morgan fingerprint density at radius 2 is 1.80 bits per heavy atom. The van der Waals surface area contributed by atoms with Gasteiger partial charge in [-0.15, -0.1) is 0 Å². The van der Waals surface area contributed by atoms with Gasteiger partial charge in [0.25, 0.3) is 0 Å². The molecule has 1 N–H and O–H groups in total. The van der Waals surface area contributed by atoms with Crippen LogP contribution >= 0.6 is 11.6 Å². The third-order valence-electron chi connectivity index (χ3n) is 3.65. The van der Waals surface area contributed by atoms with E-state index in [9.17, 15) is 8.42 Å². The van der Waals surface area contributed by atoms with E-state index in [1.807, 2.05) is 31.2 Å². The summed E-state index contributed by atoms with van der Waals surface area (Å²) in [5, 5.41) is 4.41. The Kier molecular flexibility index (Phi) is 4.89. The lowest BCUT2D eigenvalue weighted by Crippen LogP contribution is -2.27. The molecule has 3 rings (SSSR count). The Balaban J connectivity index is 1.81. The van der Waals surface area contributed by atoms with Gasteiger partial charge in [0, 0.05) is 10.6 Å². The van der Waals surface area contributed by atoms with Gasteiger partial charge in [-0.3, -0.25) is 0 Å². The normalized spacial score (nSPS) is 12.9. The SMILES string of the molecule is Cc1ccccc1-c1noc([C@H](C)NS(=O)(=O)c2ccc(Cl)cc2)n1. The van der Waals surface area contributed by atoms with E-state index in [1.54, 1.807) is 6.92 Å². The summed E-state index contributed by atoms with van der Waals surface area (Å²) >= 11 is 5.79. The maximum absolute atomic E-state index is 12.4. The molecule has 8 heteroatoms. The molecule has 0 bridgehead atoms. The first-order valence-corrected chi connectivity index (χ1v) is 9.40. The minimum Gasteiger partial charge on any atom is -0.337 e. The number of nitrogens with one attached hydrogen (secondary N) is 1. The van der Waals surface area contributed by atoms with Crippen LogP contribution in [0.4, 0.5) is 0 Å². The Hall–Kier alpha value is -2.22. The molecule has 1 atom stereocenters. The van der Waals surface area contributed by atoms with Crippen molar-refractivity contribution in [2.24, 2.45) is 0 Å². The molecule has 1 aromatic heterocycles. The van der Waals surface area contributed by atoms with Crippen molar-refractivity contribution in [2.45, 2.75) is 24.8 Å². The lowest BCUT2D eigenvalue weighted by molar-refractivity contribution is 0.354. The van der Waals surface area contributed by atoms with E-state index in [2.05, 4.69) is 14.9 Å². The molecule has 2 aromatic carbocycles. The second-order valence-corrected chi connectivity index (χ2v) is 7.72. The Bertz CT molecular complexity index is 984. The zero-order valence-corrected chi connectivity index (χ0v) is 15.2. The molecule has 0 amide bonds. The van der Waals surface area contributed by atoms with E-state index in [1.165, 1.54) is 24.3 Å². The standard InChI is InChI=1S/C17H16ClN3O3S/c1-11-5-3-4-6-15(11)16-19-17(24-20-16)12(2)21-25(22,23)14-9-7-13(18)8-10-14/h3-10,12,21H,1-2H3/t12-/m0/s1. The largest absolute Gasteiger partial charge is 0.337 e. The highest BCUT2D eigenvalue weighted by Crippen LogP contribution is 2.23. The van der Waals surface area contributed by atoms with Gasteiger partial charge < -0.3 is 4.52 Å². The van der Waals surface area contributed by atoms with Crippen LogP contribution in [0.15, 0.2) is 57.9 Å². The summed E-state index contributed by atoms with van der Waals surface area (Å²) in [4.78, 5) is 4.42. The van der Waals surface area contributed by atoms with Gasteiger partial charge in [0.15, 0.2) is 0 Å². The van der Waals surface area contributed by atoms with Gasteiger partial charge in [-0.25, -0.2) is 8.42 Å². The van der Waals surface area contributed by atoms with Gasteiger partial charge >= 0.3 is 0 Å². The molecule has 25 heavy (non-hydrogen) atoms. The molecule has 1 heterocycles. The van der Waals surface area contributed by atoms with Crippen molar-refractivity contribution < 1.29 is 12.9 Å². The van der Waals surface area contributed by atoms with Crippen LogP contribution < -0.4 is 4.72 Å². The number of aryl methyl sites for hydroxylation is 1. The number of halogens is 1. The maximum Gasteiger partial charge on any atom is 0.244 e. The summed E-state index contributed by atoms with van der Waals surface area (Å²) in [6.45, 7) is 3.58. The van der Waals surface area contributed by atoms with Crippen molar-refractivity contribution >= 4 is 21.6 Å². The van der Waals surface area contributed by atoms with Crippen LogP contribution in [0, 0.1) is 6.92 Å². The first kappa shape index (κ1) is 17.6. The average molecular weight is 378 g/mol. The Morgan fingerprint density at radius 1 is 1.12 bits per heavy atom. The van der Waals surface area contributed by atoms with E-state index in [0.29, 0.717) is 10.8 Å². The number of hydrogen-bond donors (Lipinski definition) is 1. The van der Waals surface area contributed by atoms with E-state index in [0.717, 1.165) is 11.1 Å². The number of sulfonamides is 1. The zero-order chi connectivity index (χ0) is 18.0. The number of rotatable bonds is 5. The zero-order valence-electron chi connectivity index (χ0n) is 13.6. The van der Waals surface area contributed by atoms with Crippen molar-refractivity contribution in [2.75, 3.05) is 0 Å². The van der Waals surface area contributed by atoms with E-state index >= 15 is 0 Å². The van der Waals surface area contributed by atoms with E-state index in [-0.39, 0.29) is 10.8 Å². The number of aromatic nitrogens is 2. The number of nitrogens with zero attached hydrogens (tertiary/aromatic N) is 2. The summed E-state index contributed by atoms with van der Waals surface area (Å²) in [6.07, 6.45) is 0. The highest BCUT2D eigenvalue weighted by atomic mass is 35.5. The van der Waals surface area contributed by atoms with Gasteiger partial charge in [0.2, 0.25) is 21.7 Å². The van der Waals surface area contributed by atoms with Crippen molar-refractivity contribution in [1.29, 1.82) is 0 Å². The second kappa shape index (κ2) is 6.95. The molecule has 0 spiro atoms. The molecule has 130 valence electrons. The van der Waals surface area contributed by atoms with E-state index < -0.39 is 16.1 Å².